The maximum Gasteiger partial charge on any atom is 0.243 e. The van der Waals surface area contributed by atoms with Gasteiger partial charge in [-0.25, -0.2) is 0 Å². The number of para-hydroxylation sites is 1. The molecule has 0 bridgehead atoms. The maximum absolute atomic E-state index is 13.6. The fourth-order valence-corrected chi connectivity index (χ4v) is 5.20. The summed E-state index contributed by atoms with van der Waals surface area (Å²) in [4.78, 5) is 40.5. The molecule has 2 aliphatic rings. The van der Waals surface area contributed by atoms with Gasteiger partial charge in [-0.2, -0.15) is 0 Å². The van der Waals surface area contributed by atoms with E-state index in [1.165, 1.54) is 0 Å². The van der Waals surface area contributed by atoms with E-state index < -0.39 is 47.6 Å². The van der Waals surface area contributed by atoms with E-state index >= 15 is 0 Å². The van der Waals surface area contributed by atoms with E-state index in [0.29, 0.717) is 0 Å². The van der Waals surface area contributed by atoms with Crippen molar-refractivity contribution in [3.8, 4) is 0 Å². The van der Waals surface area contributed by atoms with Gasteiger partial charge in [0.15, 0.2) is 0 Å². The number of rotatable bonds is 6. The zero-order valence-corrected chi connectivity index (χ0v) is 20.9. The van der Waals surface area contributed by atoms with Gasteiger partial charge in [0.25, 0.3) is 0 Å². The van der Waals surface area contributed by atoms with Crippen LogP contribution in [0.2, 0.25) is 0 Å². The number of anilines is 1. The van der Waals surface area contributed by atoms with Crippen LogP contribution in [0.3, 0.4) is 0 Å². The molecule has 0 aromatic heterocycles. The minimum Gasteiger partial charge on any atom is -0.368 e. The Balaban J connectivity index is 1.46. The Hall–Kier alpha value is -4.21. The molecule has 5 unspecified atom stereocenters. The molecule has 3 aromatic rings. The van der Waals surface area contributed by atoms with Crippen LogP contribution in [0.5, 0.6) is 0 Å². The van der Waals surface area contributed by atoms with Crippen molar-refractivity contribution in [1.82, 2.24) is 16.0 Å². The Morgan fingerprint density at radius 1 is 0.605 bits per heavy atom. The average molecular weight is 513 g/mol. The summed E-state index contributed by atoms with van der Waals surface area (Å²) in [7, 11) is 0. The molecule has 2 heterocycles. The monoisotopic (exact) mass is 512 g/mol. The Kier molecular flexibility index (Phi) is 7.13. The Morgan fingerprint density at radius 2 is 1.05 bits per heavy atom. The molecule has 5 atom stereocenters. The smallest absolute Gasteiger partial charge is 0.243 e. The van der Waals surface area contributed by atoms with Gasteiger partial charge < -0.3 is 32.7 Å². The number of hydrogen-bond donors (Lipinski definition) is 6. The highest BCUT2D eigenvalue weighted by molar-refractivity contribution is 5.97. The third-order valence-electron chi connectivity index (χ3n) is 7.30. The standard InChI is InChI=1S/C29H32N6O3/c30-28-29(31,20-13-7-8-14-21(20)35-28)17-24-27(38)33-22(15-18-9-3-1-4-10-18)25(36)32-23(26(37)34-24)16-19-11-5-2-6-12-19/h1-14,22-24,28,35H,15-17,30-31H2,(H,32,36)(H,33,38)(H,34,37). The van der Waals surface area contributed by atoms with Crippen LogP contribution >= 0.6 is 0 Å². The molecule has 1 fully saturated rings. The van der Waals surface area contributed by atoms with Gasteiger partial charge in [0.1, 0.15) is 18.1 Å². The Bertz CT molecular complexity index is 1280. The van der Waals surface area contributed by atoms with Crippen molar-refractivity contribution >= 4 is 23.4 Å². The van der Waals surface area contributed by atoms with E-state index in [1.807, 2.05) is 84.9 Å². The predicted molar refractivity (Wildman–Crippen MR) is 145 cm³/mol. The van der Waals surface area contributed by atoms with Crippen LogP contribution in [0.1, 0.15) is 23.1 Å². The first-order valence-corrected chi connectivity index (χ1v) is 12.7. The van der Waals surface area contributed by atoms with Crippen LogP contribution in [0.15, 0.2) is 84.9 Å². The van der Waals surface area contributed by atoms with Gasteiger partial charge in [0.05, 0.1) is 11.7 Å². The second kappa shape index (κ2) is 10.6. The second-order valence-electron chi connectivity index (χ2n) is 9.98. The molecule has 2 aliphatic heterocycles. The number of hydrogen-bond acceptors (Lipinski definition) is 6. The maximum atomic E-state index is 13.6. The largest absolute Gasteiger partial charge is 0.368 e. The molecule has 0 spiro atoms. The fourth-order valence-electron chi connectivity index (χ4n) is 5.20. The lowest BCUT2D eigenvalue weighted by atomic mass is 9.84. The van der Waals surface area contributed by atoms with Crippen LogP contribution in [-0.4, -0.2) is 42.0 Å². The molecular formula is C29H32N6O3. The number of nitrogens with two attached hydrogens (primary N) is 2. The number of benzene rings is 3. The molecule has 9 nitrogen and oxygen atoms in total. The molecule has 9 heteroatoms. The number of amides is 3. The van der Waals surface area contributed by atoms with Crippen molar-refractivity contribution < 1.29 is 14.4 Å². The summed E-state index contributed by atoms with van der Waals surface area (Å²) >= 11 is 0. The van der Waals surface area contributed by atoms with Gasteiger partial charge in [-0.3, -0.25) is 14.4 Å². The van der Waals surface area contributed by atoms with Gasteiger partial charge in [-0.15, -0.1) is 0 Å². The lowest BCUT2D eigenvalue weighted by Gasteiger charge is -2.33. The lowest BCUT2D eigenvalue weighted by molar-refractivity contribution is -0.130. The van der Waals surface area contributed by atoms with E-state index in [9.17, 15) is 14.4 Å². The Labute approximate surface area is 221 Å². The molecule has 3 amide bonds. The van der Waals surface area contributed by atoms with E-state index in [1.54, 1.807) is 0 Å². The number of fused-ring (bicyclic) bond motifs is 1. The van der Waals surface area contributed by atoms with Crippen molar-refractivity contribution in [3.63, 3.8) is 0 Å². The number of carbonyl (C=O) groups is 3. The van der Waals surface area contributed by atoms with E-state index in [2.05, 4.69) is 21.3 Å². The van der Waals surface area contributed by atoms with Crippen LogP contribution in [-0.2, 0) is 32.8 Å². The van der Waals surface area contributed by atoms with E-state index in [0.717, 1.165) is 22.4 Å². The third-order valence-corrected chi connectivity index (χ3v) is 7.30. The summed E-state index contributed by atoms with van der Waals surface area (Å²) < 4.78 is 0. The van der Waals surface area contributed by atoms with Crippen LogP contribution in [0.25, 0.3) is 0 Å². The number of carbonyl (C=O) groups excluding carboxylic acids is 3. The summed E-state index contributed by atoms with van der Waals surface area (Å²) in [5.41, 5.74) is 15.4. The number of nitrogens with one attached hydrogen (secondary N) is 4. The Morgan fingerprint density at radius 3 is 1.61 bits per heavy atom. The quantitative estimate of drug-likeness (QED) is 0.289. The molecule has 0 radical (unpaired) electrons. The van der Waals surface area contributed by atoms with Gasteiger partial charge >= 0.3 is 0 Å². The highest BCUT2D eigenvalue weighted by atomic mass is 16.2. The van der Waals surface area contributed by atoms with Crippen molar-refractivity contribution in [2.75, 3.05) is 5.32 Å². The molecular weight excluding hydrogens is 480 g/mol. The molecule has 1 saturated heterocycles. The van der Waals surface area contributed by atoms with Gasteiger partial charge in [-0.1, -0.05) is 78.9 Å². The SMILES string of the molecule is NC1Nc2ccccc2C1(N)CC1NC(=O)C(Cc2ccccc2)NC(=O)C(Cc2ccccc2)NC1=O. The van der Waals surface area contributed by atoms with Crippen molar-refractivity contribution in [1.29, 1.82) is 0 Å². The minimum atomic E-state index is -1.12. The zero-order valence-electron chi connectivity index (χ0n) is 20.9. The first kappa shape index (κ1) is 25.4. The zero-order chi connectivity index (χ0) is 26.7. The summed E-state index contributed by atoms with van der Waals surface area (Å²) in [6.07, 6.45) is -0.0818. The summed E-state index contributed by atoms with van der Waals surface area (Å²) in [6, 6.07) is 23.5. The fraction of sp³-hybridized carbons (Fsp3) is 0.276. The van der Waals surface area contributed by atoms with Gasteiger partial charge in [0, 0.05) is 24.9 Å². The van der Waals surface area contributed by atoms with Crippen molar-refractivity contribution in [2.24, 2.45) is 11.5 Å². The molecule has 196 valence electrons. The lowest BCUT2D eigenvalue weighted by Crippen LogP contribution is -2.59. The van der Waals surface area contributed by atoms with Crippen molar-refractivity contribution in [3.05, 3.63) is 102 Å². The van der Waals surface area contributed by atoms with Crippen LogP contribution < -0.4 is 32.7 Å². The molecule has 0 aliphatic carbocycles. The van der Waals surface area contributed by atoms with Crippen LogP contribution in [0, 0.1) is 0 Å². The third kappa shape index (κ3) is 5.25. The molecule has 3 aromatic carbocycles. The van der Waals surface area contributed by atoms with E-state index in [4.69, 9.17) is 11.5 Å². The van der Waals surface area contributed by atoms with E-state index in [-0.39, 0.29) is 19.3 Å². The highest BCUT2D eigenvalue weighted by Crippen LogP contribution is 2.38. The summed E-state index contributed by atoms with van der Waals surface area (Å²) in [5.74, 6) is -1.37. The average Bonchev–Trinajstić information content (AvgIpc) is 3.18. The molecule has 38 heavy (non-hydrogen) atoms. The van der Waals surface area contributed by atoms with Gasteiger partial charge in [-0.05, 0) is 22.8 Å². The summed E-state index contributed by atoms with van der Waals surface area (Å²) in [6.45, 7) is 0. The molecule has 8 N–H and O–H groups in total. The normalized spacial score (nSPS) is 27.1. The van der Waals surface area contributed by atoms with Gasteiger partial charge in [0.2, 0.25) is 17.7 Å². The highest BCUT2D eigenvalue weighted by Gasteiger charge is 2.46. The predicted octanol–water partition coefficient (Wildman–Crippen LogP) is 0.894. The molecule has 0 saturated carbocycles. The summed E-state index contributed by atoms with van der Waals surface area (Å²) in [5, 5.41) is 11.8. The minimum absolute atomic E-state index is 0.0417. The van der Waals surface area contributed by atoms with Crippen molar-refractivity contribution in [2.45, 2.75) is 49.1 Å². The second-order valence-corrected chi connectivity index (χ2v) is 9.98. The molecule has 5 rings (SSSR count). The first-order chi connectivity index (χ1) is 18.3. The topological polar surface area (TPSA) is 151 Å². The first-order valence-electron chi connectivity index (χ1n) is 12.7. The van der Waals surface area contributed by atoms with Crippen LogP contribution in [0.4, 0.5) is 5.69 Å².